The fourth-order valence-electron chi connectivity index (χ4n) is 3.47. The maximum atomic E-state index is 13.3. The Morgan fingerprint density at radius 2 is 1.74 bits per heavy atom. The summed E-state index contributed by atoms with van der Waals surface area (Å²) in [5, 5.41) is 3.55. The van der Waals surface area contributed by atoms with E-state index in [1.807, 2.05) is 54.6 Å². The minimum atomic E-state index is -0.343. The third-order valence-corrected chi connectivity index (χ3v) is 6.17. The van der Waals surface area contributed by atoms with Crippen molar-refractivity contribution in [3.05, 3.63) is 107 Å². The van der Waals surface area contributed by atoms with E-state index in [-0.39, 0.29) is 18.1 Å². The minimum absolute atomic E-state index is 0.126. The lowest BCUT2D eigenvalue weighted by Crippen LogP contribution is -2.14. The molecule has 0 bridgehead atoms. The van der Waals surface area contributed by atoms with Crippen molar-refractivity contribution in [2.75, 3.05) is 11.1 Å². The van der Waals surface area contributed by atoms with Crippen LogP contribution in [0.15, 0.2) is 95.9 Å². The van der Waals surface area contributed by atoms with Crippen molar-refractivity contribution < 1.29 is 13.9 Å². The lowest BCUT2D eigenvalue weighted by atomic mass is 10.0. The average Bonchev–Trinajstić information content (AvgIpc) is 2.82. The number of benzene rings is 4. The molecule has 0 spiro atoms. The highest BCUT2D eigenvalue weighted by atomic mass is 35.5. The van der Waals surface area contributed by atoms with Crippen molar-refractivity contribution >= 4 is 35.0 Å². The monoisotopic (exact) mass is 491 g/mol. The van der Waals surface area contributed by atoms with Crippen molar-refractivity contribution in [3.8, 4) is 22.6 Å². The molecule has 4 aromatic carbocycles. The van der Waals surface area contributed by atoms with E-state index in [1.165, 1.54) is 17.0 Å². The van der Waals surface area contributed by atoms with Gasteiger partial charge in [-0.2, -0.15) is 0 Å². The van der Waals surface area contributed by atoms with Crippen LogP contribution in [0.4, 0.5) is 10.1 Å². The highest BCUT2D eigenvalue weighted by Gasteiger charge is 2.12. The van der Waals surface area contributed by atoms with Crippen LogP contribution in [0.3, 0.4) is 0 Å². The number of ether oxygens (including phenoxy) is 1. The van der Waals surface area contributed by atoms with E-state index in [0.717, 1.165) is 22.4 Å². The lowest BCUT2D eigenvalue weighted by Gasteiger charge is -2.14. The lowest BCUT2D eigenvalue weighted by molar-refractivity contribution is -0.115. The van der Waals surface area contributed by atoms with Crippen molar-refractivity contribution in [2.45, 2.75) is 18.2 Å². The van der Waals surface area contributed by atoms with Crippen LogP contribution in [0.1, 0.15) is 12.5 Å². The molecule has 0 atom stereocenters. The molecule has 0 aliphatic carbocycles. The predicted molar refractivity (Wildman–Crippen MR) is 139 cm³/mol. The normalized spacial score (nSPS) is 10.7. The van der Waals surface area contributed by atoms with Gasteiger partial charge in [0, 0.05) is 27.2 Å². The van der Waals surface area contributed by atoms with Crippen molar-refractivity contribution in [3.63, 3.8) is 0 Å². The summed E-state index contributed by atoms with van der Waals surface area (Å²) in [5.74, 6) is 1.54. The SMILES string of the molecule is CCSc1ccc(CC(=O)Nc2ccc(-c3cccc(Cl)c3)c(Oc3ccc(F)cc3)c2)cc1. The first-order valence-electron chi connectivity index (χ1n) is 10.8. The van der Waals surface area contributed by atoms with E-state index in [2.05, 4.69) is 12.2 Å². The highest BCUT2D eigenvalue weighted by molar-refractivity contribution is 7.99. The Morgan fingerprint density at radius 1 is 0.971 bits per heavy atom. The number of halogens is 2. The molecule has 0 aliphatic heterocycles. The molecule has 0 aliphatic rings. The Morgan fingerprint density at radius 3 is 2.44 bits per heavy atom. The van der Waals surface area contributed by atoms with Gasteiger partial charge in [-0.05, 0) is 77.5 Å². The second-order valence-electron chi connectivity index (χ2n) is 7.58. The van der Waals surface area contributed by atoms with Crippen LogP contribution < -0.4 is 10.1 Å². The number of carbonyl (C=O) groups excluding carboxylic acids is 1. The summed E-state index contributed by atoms with van der Waals surface area (Å²) in [6, 6.07) is 26.7. The molecule has 0 saturated carbocycles. The third kappa shape index (κ3) is 6.40. The van der Waals surface area contributed by atoms with Gasteiger partial charge in [-0.1, -0.05) is 42.8 Å². The number of hydrogen-bond donors (Lipinski definition) is 1. The highest BCUT2D eigenvalue weighted by Crippen LogP contribution is 2.36. The summed E-state index contributed by atoms with van der Waals surface area (Å²) in [4.78, 5) is 13.9. The summed E-state index contributed by atoms with van der Waals surface area (Å²) < 4.78 is 19.4. The molecule has 1 amide bonds. The molecule has 0 unspecified atom stereocenters. The van der Waals surface area contributed by atoms with Gasteiger partial charge in [0.25, 0.3) is 0 Å². The molecule has 0 fully saturated rings. The molecule has 172 valence electrons. The summed E-state index contributed by atoms with van der Waals surface area (Å²) >= 11 is 7.95. The minimum Gasteiger partial charge on any atom is -0.457 e. The maximum Gasteiger partial charge on any atom is 0.228 e. The van der Waals surface area contributed by atoms with Gasteiger partial charge in [-0.25, -0.2) is 4.39 Å². The first-order valence-corrected chi connectivity index (χ1v) is 12.2. The van der Waals surface area contributed by atoms with Gasteiger partial charge < -0.3 is 10.1 Å². The van der Waals surface area contributed by atoms with Gasteiger partial charge in [-0.15, -0.1) is 11.8 Å². The molecule has 0 radical (unpaired) electrons. The van der Waals surface area contributed by atoms with E-state index in [0.29, 0.717) is 22.2 Å². The molecule has 4 rings (SSSR count). The topological polar surface area (TPSA) is 38.3 Å². The molecule has 6 heteroatoms. The van der Waals surface area contributed by atoms with Crippen LogP contribution in [0.2, 0.25) is 5.02 Å². The van der Waals surface area contributed by atoms with Gasteiger partial charge in [0.1, 0.15) is 17.3 Å². The predicted octanol–water partition coefficient (Wildman–Crippen LogP) is 8.23. The van der Waals surface area contributed by atoms with E-state index in [9.17, 15) is 9.18 Å². The van der Waals surface area contributed by atoms with E-state index >= 15 is 0 Å². The fourth-order valence-corrected chi connectivity index (χ4v) is 4.32. The smallest absolute Gasteiger partial charge is 0.228 e. The van der Waals surface area contributed by atoms with E-state index < -0.39 is 0 Å². The second-order valence-corrected chi connectivity index (χ2v) is 9.35. The number of rotatable bonds is 8. The quantitative estimate of drug-likeness (QED) is 0.252. The summed E-state index contributed by atoms with van der Waals surface area (Å²) in [5.41, 5.74) is 3.21. The third-order valence-electron chi connectivity index (χ3n) is 5.04. The van der Waals surface area contributed by atoms with Crippen LogP contribution in [0.25, 0.3) is 11.1 Å². The zero-order valence-corrected chi connectivity index (χ0v) is 20.1. The number of anilines is 1. The van der Waals surface area contributed by atoms with Crippen molar-refractivity contribution in [1.29, 1.82) is 0 Å². The van der Waals surface area contributed by atoms with Crippen molar-refractivity contribution in [1.82, 2.24) is 0 Å². The molecular formula is C28H23ClFNO2S. The fraction of sp³-hybridized carbons (Fsp3) is 0.107. The van der Waals surface area contributed by atoms with Gasteiger partial charge >= 0.3 is 0 Å². The molecule has 0 saturated heterocycles. The zero-order chi connectivity index (χ0) is 23.9. The number of hydrogen-bond acceptors (Lipinski definition) is 3. The molecule has 1 N–H and O–H groups in total. The van der Waals surface area contributed by atoms with Crippen LogP contribution in [-0.2, 0) is 11.2 Å². The first kappa shape index (κ1) is 23.9. The maximum absolute atomic E-state index is 13.3. The van der Waals surface area contributed by atoms with E-state index in [1.54, 1.807) is 36.0 Å². The Hall–Kier alpha value is -3.28. The summed E-state index contributed by atoms with van der Waals surface area (Å²) in [7, 11) is 0. The van der Waals surface area contributed by atoms with Gasteiger partial charge in [0.05, 0.1) is 6.42 Å². The number of nitrogens with one attached hydrogen (secondary N) is 1. The largest absolute Gasteiger partial charge is 0.457 e. The Kier molecular flexibility index (Phi) is 7.88. The van der Waals surface area contributed by atoms with Crippen molar-refractivity contribution in [2.24, 2.45) is 0 Å². The van der Waals surface area contributed by atoms with Gasteiger partial charge in [0.15, 0.2) is 0 Å². The second kappa shape index (κ2) is 11.2. The Balaban J connectivity index is 1.56. The molecular weight excluding hydrogens is 469 g/mol. The zero-order valence-electron chi connectivity index (χ0n) is 18.6. The number of amides is 1. The van der Waals surface area contributed by atoms with E-state index in [4.69, 9.17) is 16.3 Å². The van der Waals surface area contributed by atoms with Crippen LogP contribution >= 0.6 is 23.4 Å². The molecule has 4 aromatic rings. The average molecular weight is 492 g/mol. The number of carbonyl (C=O) groups is 1. The molecule has 0 aromatic heterocycles. The Bertz CT molecular complexity index is 1280. The summed E-state index contributed by atoms with van der Waals surface area (Å²) in [6.07, 6.45) is 0.265. The van der Waals surface area contributed by atoms with Crippen LogP contribution in [0.5, 0.6) is 11.5 Å². The number of thioether (sulfide) groups is 1. The molecule has 34 heavy (non-hydrogen) atoms. The van der Waals surface area contributed by atoms with Gasteiger partial charge in [0.2, 0.25) is 5.91 Å². The molecule has 3 nitrogen and oxygen atoms in total. The Labute approximate surface area is 207 Å². The first-order chi connectivity index (χ1) is 16.5. The van der Waals surface area contributed by atoms with Gasteiger partial charge in [-0.3, -0.25) is 4.79 Å². The standard InChI is InChI=1S/C28H23ClFNO2S/c1-2-34-25-13-6-19(7-14-25)16-28(32)31-23-10-15-26(20-4-3-5-21(29)17-20)27(18-23)33-24-11-8-22(30)9-12-24/h3-15,17-18H,2,16H2,1H3,(H,31,32). The van der Waals surface area contributed by atoms with Crippen LogP contribution in [-0.4, -0.2) is 11.7 Å². The summed E-state index contributed by atoms with van der Waals surface area (Å²) in [6.45, 7) is 2.11. The molecule has 0 heterocycles. The van der Waals surface area contributed by atoms with Crippen LogP contribution in [0, 0.1) is 5.82 Å².